The van der Waals surface area contributed by atoms with E-state index >= 15 is 0 Å². The average molecular weight is 711 g/mol. The van der Waals surface area contributed by atoms with Gasteiger partial charge in [0.1, 0.15) is 0 Å². The molecule has 0 saturated heterocycles. The summed E-state index contributed by atoms with van der Waals surface area (Å²) < 4.78 is 2.65. The van der Waals surface area contributed by atoms with Gasteiger partial charge in [0.05, 0.1) is 5.69 Å². The molecular formula is C51H38N2S. The molecule has 9 aromatic rings. The Morgan fingerprint density at radius 1 is 0.389 bits per heavy atom. The maximum atomic E-state index is 2.55. The number of anilines is 6. The van der Waals surface area contributed by atoms with E-state index in [2.05, 4.69) is 192 Å². The third-order valence-electron chi connectivity index (χ3n) is 12.0. The van der Waals surface area contributed by atoms with Crippen LogP contribution in [0.3, 0.4) is 0 Å². The first kappa shape index (κ1) is 31.4. The van der Waals surface area contributed by atoms with Gasteiger partial charge in [0.15, 0.2) is 0 Å². The molecule has 1 spiro atoms. The molecule has 0 fully saturated rings. The Kier molecular flexibility index (Phi) is 7.25. The first-order valence-corrected chi connectivity index (χ1v) is 19.9. The molecule has 3 heteroatoms. The van der Waals surface area contributed by atoms with Gasteiger partial charge in [-0.2, -0.15) is 0 Å². The first-order valence-electron chi connectivity index (χ1n) is 19.1. The lowest BCUT2D eigenvalue weighted by atomic mass is 9.76. The quantitative estimate of drug-likeness (QED) is 0.169. The van der Waals surface area contributed by atoms with Crippen LogP contribution in [0.5, 0.6) is 0 Å². The van der Waals surface area contributed by atoms with Crippen molar-refractivity contribution in [3.8, 4) is 0 Å². The summed E-state index contributed by atoms with van der Waals surface area (Å²) in [5.74, 6) is 0. The third kappa shape index (κ3) is 4.92. The van der Waals surface area contributed by atoms with Crippen LogP contribution in [0.2, 0.25) is 0 Å². The molecule has 8 aromatic carbocycles. The van der Waals surface area contributed by atoms with Crippen molar-refractivity contribution < 1.29 is 0 Å². The number of thiophene rings is 1. The van der Waals surface area contributed by atoms with Gasteiger partial charge in [-0.3, -0.25) is 0 Å². The Labute approximate surface area is 320 Å². The smallest absolute Gasteiger partial charge is 0.0540 e. The molecule has 0 unspecified atom stereocenters. The number of aryl methyl sites for hydroxylation is 2. The van der Waals surface area contributed by atoms with Gasteiger partial charge in [-0.25, -0.2) is 0 Å². The second kappa shape index (κ2) is 12.5. The van der Waals surface area contributed by atoms with Crippen molar-refractivity contribution in [2.45, 2.75) is 31.1 Å². The summed E-state index contributed by atoms with van der Waals surface area (Å²) in [4.78, 5) is 4.92. The minimum absolute atomic E-state index is 0.0183. The van der Waals surface area contributed by atoms with Crippen molar-refractivity contribution in [1.82, 2.24) is 0 Å². The Morgan fingerprint density at radius 3 is 1.63 bits per heavy atom. The molecule has 2 nitrogen and oxygen atoms in total. The van der Waals surface area contributed by atoms with Gasteiger partial charge in [0.25, 0.3) is 0 Å². The van der Waals surface area contributed by atoms with Gasteiger partial charge < -0.3 is 9.80 Å². The summed E-state index contributed by atoms with van der Waals surface area (Å²) in [5, 5.41) is 5.16. The summed E-state index contributed by atoms with van der Waals surface area (Å²) in [6, 6.07) is 67.6. The third-order valence-corrected chi connectivity index (χ3v) is 13.2. The zero-order valence-electron chi connectivity index (χ0n) is 30.0. The van der Waals surface area contributed by atoms with Crippen molar-refractivity contribution in [2.75, 3.05) is 9.80 Å². The van der Waals surface area contributed by atoms with E-state index in [1.807, 2.05) is 11.3 Å². The van der Waals surface area contributed by atoms with Crippen LogP contribution in [0.25, 0.3) is 30.9 Å². The highest BCUT2D eigenvalue weighted by Gasteiger charge is 2.45. The molecule has 1 aromatic heterocycles. The van der Waals surface area contributed by atoms with Crippen LogP contribution in [0, 0.1) is 0 Å². The summed E-state index contributed by atoms with van der Waals surface area (Å²) in [6.45, 7) is 0. The minimum atomic E-state index is -0.0183. The number of fused-ring (bicyclic) bond motifs is 8. The Hall–Kier alpha value is -6.16. The highest BCUT2D eigenvalue weighted by atomic mass is 32.1. The molecule has 0 aliphatic heterocycles. The second-order valence-electron chi connectivity index (χ2n) is 14.9. The van der Waals surface area contributed by atoms with Gasteiger partial charge >= 0.3 is 0 Å². The SMILES string of the molecule is c1ccc(N(c2ccccc2)c2ccc3c(c2)[C@@]2(CC3)CCc3ccc(N(c4ccc5c(c4)sc4ccccc45)c4cccc5ccccc45)cc32)cc1. The number of para-hydroxylation sites is 2. The van der Waals surface area contributed by atoms with E-state index in [9.17, 15) is 0 Å². The van der Waals surface area contributed by atoms with Gasteiger partial charge in [0.2, 0.25) is 0 Å². The standard InChI is InChI=1S/C51H38N2S/c1-3-14-38(15-4-1)52(39-16-5-2-6-17-39)40-24-22-36-28-30-51(46(36)32-40)31-29-37-23-25-41(33-47(37)51)53(48-20-11-13-35-12-7-8-18-43(35)48)42-26-27-45-44-19-9-10-21-49(44)54-50(45)34-42/h1-27,32-34H,28-31H2/t51-/m1/s1. The largest absolute Gasteiger partial charge is 0.310 e. The number of benzene rings is 8. The number of nitrogens with zero attached hydrogens (tertiary/aromatic N) is 2. The summed E-state index contributed by atoms with van der Waals surface area (Å²) in [7, 11) is 0. The van der Waals surface area contributed by atoms with Crippen LogP contribution in [0.1, 0.15) is 35.1 Å². The monoisotopic (exact) mass is 710 g/mol. The Morgan fingerprint density at radius 2 is 0.926 bits per heavy atom. The summed E-state index contributed by atoms with van der Waals surface area (Å²) in [6.07, 6.45) is 4.48. The molecule has 0 saturated carbocycles. The number of hydrogen-bond acceptors (Lipinski definition) is 3. The average Bonchev–Trinajstić information content (AvgIpc) is 3.92. The fourth-order valence-corrected chi connectivity index (χ4v) is 10.7. The zero-order valence-corrected chi connectivity index (χ0v) is 30.8. The highest BCUT2D eigenvalue weighted by Crippen LogP contribution is 2.55. The molecule has 0 amide bonds. The predicted molar refractivity (Wildman–Crippen MR) is 230 cm³/mol. The highest BCUT2D eigenvalue weighted by molar-refractivity contribution is 7.25. The molecule has 2 aliphatic rings. The van der Waals surface area contributed by atoms with Crippen molar-refractivity contribution >= 4 is 76.4 Å². The Balaban J connectivity index is 1.08. The van der Waals surface area contributed by atoms with Crippen molar-refractivity contribution in [1.29, 1.82) is 0 Å². The molecule has 0 N–H and O–H groups in total. The van der Waals surface area contributed by atoms with E-state index in [-0.39, 0.29) is 5.41 Å². The van der Waals surface area contributed by atoms with E-state index in [4.69, 9.17) is 0 Å². The maximum absolute atomic E-state index is 2.55. The van der Waals surface area contributed by atoms with Crippen LogP contribution >= 0.6 is 11.3 Å². The Bertz CT molecular complexity index is 2810. The fraction of sp³-hybridized carbons (Fsp3) is 0.0980. The molecule has 0 radical (unpaired) electrons. The van der Waals surface area contributed by atoms with E-state index < -0.39 is 0 Å². The van der Waals surface area contributed by atoms with Crippen LogP contribution in [-0.4, -0.2) is 0 Å². The summed E-state index contributed by atoms with van der Waals surface area (Å²) >= 11 is 1.88. The molecule has 2 aliphatic carbocycles. The molecule has 1 atom stereocenters. The zero-order chi connectivity index (χ0) is 35.6. The van der Waals surface area contributed by atoms with Gasteiger partial charge in [-0.15, -0.1) is 11.3 Å². The van der Waals surface area contributed by atoms with Crippen molar-refractivity contribution in [2.24, 2.45) is 0 Å². The van der Waals surface area contributed by atoms with Crippen molar-refractivity contribution in [3.63, 3.8) is 0 Å². The predicted octanol–water partition coefficient (Wildman–Crippen LogP) is 14.3. The molecule has 54 heavy (non-hydrogen) atoms. The normalized spacial score (nSPS) is 15.9. The minimum Gasteiger partial charge on any atom is -0.310 e. The molecule has 258 valence electrons. The van der Waals surface area contributed by atoms with E-state index in [0.29, 0.717) is 0 Å². The fourth-order valence-electron chi connectivity index (χ4n) is 9.52. The summed E-state index contributed by atoms with van der Waals surface area (Å²) in [5.41, 5.74) is 13.1. The van der Waals surface area contributed by atoms with Crippen LogP contribution in [0.15, 0.2) is 182 Å². The van der Waals surface area contributed by atoms with Crippen molar-refractivity contribution in [3.05, 3.63) is 204 Å². The first-order chi connectivity index (χ1) is 26.7. The molecule has 1 heterocycles. The lowest BCUT2D eigenvalue weighted by molar-refractivity contribution is 0.507. The van der Waals surface area contributed by atoms with Crippen LogP contribution in [0.4, 0.5) is 34.1 Å². The lowest BCUT2D eigenvalue weighted by Gasteiger charge is -2.32. The van der Waals surface area contributed by atoms with E-state index in [1.165, 1.54) is 87.3 Å². The number of hydrogen-bond donors (Lipinski definition) is 0. The van der Waals surface area contributed by atoms with Gasteiger partial charge in [0, 0.05) is 59.4 Å². The van der Waals surface area contributed by atoms with Gasteiger partial charge in [-0.1, -0.05) is 109 Å². The van der Waals surface area contributed by atoms with E-state index in [1.54, 1.807) is 0 Å². The lowest BCUT2D eigenvalue weighted by Crippen LogP contribution is -2.22. The molecular weight excluding hydrogens is 673 g/mol. The molecule has 11 rings (SSSR count). The van der Waals surface area contributed by atoms with Crippen LogP contribution in [-0.2, 0) is 18.3 Å². The maximum Gasteiger partial charge on any atom is 0.0540 e. The van der Waals surface area contributed by atoms with Gasteiger partial charge in [-0.05, 0) is 126 Å². The number of rotatable bonds is 6. The topological polar surface area (TPSA) is 6.48 Å². The van der Waals surface area contributed by atoms with Crippen LogP contribution < -0.4 is 9.80 Å². The second-order valence-corrected chi connectivity index (χ2v) is 16.0. The molecule has 0 bridgehead atoms. The van der Waals surface area contributed by atoms with E-state index in [0.717, 1.165) is 25.7 Å².